The summed E-state index contributed by atoms with van der Waals surface area (Å²) in [7, 11) is 0. The lowest BCUT2D eigenvalue weighted by Crippen LogP contribution is -2.43. The molecule has 0 radical (unpaired) electrons. The van der Waals surface area contributed by atoms with Crippen LogP contribution in [0.2, 0.25) is 0 Å². The lowest BCUT2D eigenvalue weighted by Gasteiger charge is -2.22. The third-order valence-corrected chi connectivity index (χ3v) is 2.82. The molecule has 0 saturated carbocycles. The normalized spacial score (nSPS) is 12.9. The molecule has 1 aromatic rings. The molecule has 0 heterocycles. The van der Waals surface area contributed by atoms with Crippen molar-refractivity contribution in [3.63, 3.8) is 0 Å². The van der Waals surface area contributed by atoms with Crippen molar-refractivity contribution in [3.8, 4) is 0 Å². The number of amides is 1. The van der Waals surface area contributed by atoms with Gasteiger partial charge < -0.3 is 10.4 Å². The maximum absolute atomic E-state index is 12.7. The van der Waals surface area contributed by atoms with Gasteiger partial charge in [-0.15, -0.1) is 0 Å². The summed E-state index contributed by atoms with van der Waals surface area (Å²) in [5, 5.41) is 11.5. The van der Waals surface area contributed by atoms with Gasteiger partial charge in [0.1, 0.15) is 11.2 Å². The van der Waals surface area contributed by atoms with Gasteiger partial charge in [0.25, 0.3) is 0 Å². The molecule has 0 aliphatic carbocycles. The number of rotatable bonds is 4. The fourth-order valence-corrected chi connectivity index (χ4v) is 1.31. The van der Waals surface area contributed by atoms with Crippen LogP contribution in [0.4, 0.5) is 4.39 Å². The summed E-state index contributed by atoms with van der Waals surface area (Å²) in [5.74, 6) is -2.12. The zero-order valence-corrected chi connectivity index (χ0v) is 10.5. The van der Waals surface area contributed by atoms with E-state index in [2.05, 4.69) is 5.32 Å². The number of halogens is 1. The summed E-state index contributed by atoms with van der Waals surface area (Å²) in [5.41, 5.74) is -0.778. The van der Waals surface area contributed by atoms with Crippen LogP contribution in [0, 0.1) is 11.2 Å². The number of carboxylic acids is 1. The molecule has 0 aromatic heterocycles. The van der Waals surface area contributed by atoms with Gasteiger partial charge in [-0.05, 0) is 38.5 Å². The first kappa shape index (κ1) is 14.2. The number of aliphatic carboxylic acids is 1. The fraction of sp³-hybridized carbons (Fsp3) is 0.385. The Bertz CT molecular complexity index is 454. The lowest BCUT2D eigenvalue weighted by atomic mass is 9.92. The zero-order valence-electron chi connectivity index (χ0n) is 10.5. The van der Waals surface area contributed by atoms with Crippen LogP contribution >= 0.6 is 0 Å². The Labute approximate surface area is 105 Å². The summed E-state index contributed by atoms with van der Waals surface area (Å²) < 4.78 is 12.7. The second-order valence-corrected chi connectivity index (χ2v) is 4.68. The summed E-state index contributed by atoms with van der Waals surface area (Å²) >= 11 is 0. The van der Waals surface area contributed by atoms with Crippen molar-refractivity contribution < 1.29 is 19.1 Å². The molecule has 1 amide bonds. The molecule has 4 nitrogen and oxygen atoms in total. The van der Waals surface area contributed by atoms with Gasteiger partial charge in [-0.2, -0.15) is 0 Å². The highest BCUT2D eigenvalue weighted by atomic mass is 19.1. The fourth-order valence-electron chi connectivity index (χ4n) is 1.31. The number of nitrogens with one attached hydrogen (secondary N) is 1. The lowest BCUT2D eigenvalue weighted by molar-refractivity contribution is -0.153. The van der Waals surface area contributed by atoms with Crippen molar-refractivity contribution in [2.75, 3.05) is 0 Å². The molecule has 5 heteroatoms. The maximum Gasteiger partial charge on any atom is 0.318 e. The van der Waals surface area contributed by atoms with Gasteiger partial charge in [0.05, 0.1) is 6.04 Å². The van der Waals surface area contributed by atoms with Crippen molar-refractivity contribution >= 4 is 11.9 Å². The van der Waals surface area contributed by atoms with Crippen LogP contribution in [0.5, 0.6) is 0 Å². The quantitative estimate of drug-likeness (QED) is 0.808. The molecule has 18 heavy (non-hydrogen) atoms. The SMILES string of the molecule is CC(NC(=O)C(C)(C)C(=O)O)c1ccc(F)cc1. The Morgan fingerprint density at radius 2 is 1.78 bits per heavy atom. The molecular formula is C13H16FNO3. The third-order valence-electron chi connectivity index (χ3n) is 2.82. The molecule has 0 aliphatic rings. The highest BCUT2D eigenvalue weighted by Gasteiger charge is 2.36. The summed E-state index contributed by atoms with van der Waals surface area (Å²) in [6.07, 6.45) is 0. The van der Waals surface area contributed by atoms with E-state index in [1.54, 1.807) is 19.1 Å². The Kier molecular flexibility index (Phi) is 4.06. The Balaban J connectivity index is 2.76. The van der Waals surface area contributed by atoms with E-state index < -0.39 is 17.3 Å². The van der Waals surface area contributed by atoms with Gasteiger partial charge in [-0.25, -0.2) is 4.39 Å². The summed E-state index contributed by atoms with van der Waals surface area (Å²) in [6.45, 7) is 4.38. The number of hydrogen-bond donors (Lipinski definition) is 2. The minimum atomic E-state index is -1.49. The van der Waals surface area contributed by atoms with Gasteiger partial charge in [-0.1, -0.05) is 12.1 Å². The van der Waals surface area contributed by atoms with Crippen LogP contribution in [0.15, 0.2) is 24.3 Å². The topological polar surface area (TPSA) is 66.4 Å². The van der Waals surface area contributed by atoms with Crippen LogP contribution in [-0.2, 0) is 9.59 Å². The van der Waals surface area contributed by atoms with Gasteiger partial charge in [0, 0.05) is 0 Å². The van der Waals surface area contributed by atoms with Crippen molar-refractivity contribution in [2.24, 2.45) is 5.41 Å². The van der Waals surface area contributed by atoms with Crippen molar-refractivity contribution in [2.45, 2.75) is 26.8 Å². The molecule has 0 fully saturated rings. The number of hydrogen-bond acceptors (Lipinski definition) is 2. The Morgan fingerprint density at radius 1 is 1.28 bits per heavy atom. The average molecular weight is 253 g/mol. The van der Waals surface area contributed by atoms with Gasteiger partial charge in [0.15, 0.2) is 0 Å². The highest BCUT2D eigenvalue weighted by Crippen LogP contribution is 2.19. The number of carboxylic acid groups (broad SMARTS) is 1. The van der Waals surface area contributed by atoms with Crippen molar-refractivity contribution in [3.05, 3.63) is 35.6 Å². The van der Waals surface area contributed by atoms with Crippen molar-refractivity contribution in [1.29, 1.82) is 0 Å². The molecule has 2 N–H and O–H groups in total. The standard InChI is InChI=1S/C13H16FNO3/c1-8(9-4-6-10(14)7-5-9)15-11(16)13(2,3)12(17)18/h4-8H,1-3H3,(H,15,16)(H,17,18). The smallest absolute Gasteiger partial charge is 0.318 e. The minimum Gasteiger partial charge on any atom is -0.480 e. The molecule has 1 aromatic carbocycles. The number of benzene rings is 1. The van der Waals surface area contributed by atoms with Crippen LogP contribution in [0.3, 0.4) is 0 Å². The first-order valence-electron chi connectivity index (χ1n) is 5.55. The highest BCUT2D eigenvalue weighted by molar-refractivity contribution is 6.01. The maximum atomic E-state index is 12.7. The number of carbonyl (C=O) groups is 2. The molecule has 0 saturated heterocycles. The van der Waals surface area contributed by atoms with Crippen molar-refractivity contribution in [1.82, 2.24) is 5.32 Å². The van der Waals surface area contributed by atoms with Crippen LogP contribution in [-0.4, -0.2) is 17.0 Å². The zero-order chi connectivity index (χ0) is 13.9. The average Bonchev–Trinajstić information content (AvgIpc) is 2.29. The monoisotopic (exact) mass is 253 g/mol. The second-order valence-electron chi connectivity index (χ2n) is 4.68. The van der Waals surface area contributed by atoms with E-state index in [1.165, 1.54) is 26.0 Å². The van der Waals surface area contributed by atoms with E-state index in [9.17, 15) is 14.0 Å². The predicted octanol–water partition coefficient (Wildman–Crippen LogP) is 2.11. The van der Waals surface area contributed by atoms with Gasteiger partial charge in [-0.3, -0.25) is 9.59 Å². The largest absolute Gasteiger partial charge is 0.480 e. The second kappa shape index (κ2) is 5.16. The Morgan fingerprint density at radius 3 is 2.22 bits per heavy atom. The third kappa shape index (κ3) is 3.06. The molecule has 1 rings (SSSR count). The molecule has 1 unspecified atom stereocenters. The predicted molar refractivity (Wildman–Crippen MR) is 64.4 cm³/mol. The minimum absolute atomic E-state index is 0.358. The van der Waals surface area contributed by atoms with Crippen LogP contribution < -0.4 is 5.32 Å². The summed E-state index contributed by atoms with van der Waals surface area (Å²) in [6, 6.07) is 5.31. The van der Waals surface area contributed by atoms with Crippen LogP contribution in [0.1, 0.15) is 32.4 Å². The van der Waals surface area contributed by atoms with E-state index >= 15 is 0 Å². The number of carbonyl (C=O) groups excluding carboxylic acids is 1. The first-order valence-corrected chi connectivity index (χ1v) is 5.55. The molecule has 98 valence electrons. The van der Waals surface area contributed by atoms with Crippen LogP contribution in [0.25, 0.3) is 0 Å². The molecule has 1 atom stereocenters. The van der Waals surface area contributed by atoms with E-state index in [4.69, 9.17) is 5.11 Å². The molecule has 0 aliphatic heterocycles. The molecule has 0 spiro atoms. The molecular weight excluding hydrogens is 237 g/mol. The Hall–Kier alpha value is -1.91. The van der Waals surface area contributed by atoms with Gasteiger partial charge >= 0.3 is 5.97 Å². The van der Waals surface area contributed by atoms with E-state index in [-0.39, 0.29) is 11.9 Å². The first-order chi connectivity index (χ1) is 8.25. The summed E-state index contributed by atoms with van der Waals surface area (Å²) in [4.78, 5) is 22.7. The van der Waals surface area contributed by atoms with E-state index in [0.29, 0.717) is 5.56 Å². The van der Waals surface area contributed by atoms with Gasteiger partial charge in [0.2, 0.25) is 5.91 Å². The van der Waals surface area contributed by atoms with E-state index in [1.807, 2.05) is 0 Å². The van der Waals surface area contributed by atoms with E-state index in [0.717, 1.165) is 0 Å². The molecule has 0 bridgehead atoms.